The number of hydrogen-bond acceptors (Lipinski definition) is 3. The quantitative estimate of drug-likeness (QED) is 0.793. The number of benzene rings is 1. The molecule has 1 aliphatic rings. The van der Waals surface area contributed by atoms with E-state index in [1.54, 1.807) is 0 Å². The Hall–Kier alpha value is -0.770. The zero-order chi connectivity index (χ0) is 11.1. The maximum Gasteiger partial charge on any atom is 0.119 e. The largest absolute Gasteiger partial charge is 0.492 e. The summed E-state index contributed by atoms with van der Waals surface area (Å²) in [7, 11) is 0. The molecule has 0 bridgehead atoms. The molecule has 1 aromatic rings. The topological polar surface area (TPSA) is 30.5 Å². The molecule has 1 saturated heterocycles. The van der Waals surface area contributed by atoms with E-state index in [9.17, 15) is 0 Å². The second-order valence-electron chi connectivity index (χ2n) is 4.00. The minimum absolute atomic E-state index is 0. The summed E-state index contributed by atoms with van der Waals surface area (Å²) in [6, 6.07) is 9.90. The van der Waals surface area contributed by atoms with E-state index in [4.69, 9.17) is 9.47 Å². The standard InChI is InChI=1S/C13H19NO2.ClH/c1-2-5-12(6-3-1)16-10-8-14-11-13-7-4-9-15-13;/h1-3,5-6,13-14H,4,7-11H2;1H. The van der Waals surface area contributed by atoms with Gasteiger partial charge in [0.15, 0.2) is 0 Å². The van der Waals surface area contributed by atoms with E-state index < -0.39 is 0 Å². The van der Waals surface area contributed by atoms with Crippen molar-refractivity contribution < 1.29 is 9.47 Å². The molecule has 1 unspecified atom stereocenters. The molecule has 0 aromatic heterocycles. The van der Waals surface area contributed by atoms with Crippen LogP contribution in [0.15, 0.2) is 30.3 Å². The molecule has 0 amide bonds. The summed E-state index contributed by atoms with van der Waals surface area (Å²) in [6.45, 7) is 3.44. The van der Waals surface area contributed by atoms with E-state index in [0.717, 1.165) is 25.4 Å². The molecule has 0 saturated carbocycles. The lowest BCUT2D eigenvalue weighted by atomic mass is 10.2. The summed E-state index contributed by atoms with van der Waals surface area (Å²) in [5, 5.41) is 3.35. The zero-order valence-corrected chi connectivity index (χ0v) is 10.7. The van der Waals surface area contributed by atoms with Crippen molar-refractivity contribution in [2.45, 2.75) is 18.9 Å². The van der Waals surface area contributed by atoms with E-state index in [1.165, 1.54) is 12.8 Å². The molecule has 1 atom stereocenters. The van der Waals surface area contributed by atoms with Crippen molar-refractivity contribution in [3.8, 4) is 5.75 Å². The lowest BCUT2D eigenvalue weighted by molar-refractivity contribution is 0.109. The fourth-order valence-electron chi connectivity index (χ4n) is 1.83. The highest BCUT2D eigenvalue weighted by Crippen LogP contribution is 2.10. The van der Waals surface area contributed by atoms with Crippen molar-refractivity contribution in [1.82, 2.24) is 5.32 Å². The number of rotatable bonds is 6. The van der Waals surface area contributed by atoms with E-state index in [1.807, 2.05) is 30.3 Å². The van der Waals surface area contributed by atoms with E-state index in [-0.39, 0.29) is 12.4 Å². The number of halogens is 1. The number of nitrogens with one attached hydrogen (secondary N) is 1. The van der Waals surface area contributed by atoms with Crippen LogP contribution in [0, 0.1) is 0 Å². The molecule has 17 heavy (non-hydrogen) atoms. The third-order valence-corrected chi connectivity index (χ3v) is 2.69. The van der Waals surface area contributed by atoms with Gasteiger partial charge in [0.1, 0.15) is 12.4 Å². The van der Waals surface area contributed by atoms with Crippen molar-refractivity contribution in [1.29, 1.82) is 0 Å². The molecule has 1 aromatic carbocycles. The predicted molar refractivity (Wildman–Crippen MR) is 71.0 cm³/mol. The highest BCUT2D eigenvalue weighted by atomic mass is 35.5. The van der Waals surface area contributed by atoms with Crippen LogP contribution in [-0.4, -0.2) is 32.4 Å². The van der Waals surface area contributed by atoms with Crippen LogP contribution in [0.3, 0.4) is 0 Å². The van der Waals surface area contributed by atoms with Crippen LogP contribution in [0.2, 0.25) is 0 Å². The molecule has 1 N–H and O–H groups in total. The predicted octanol–water partition coefficient (Wildman–Crippen LogP) is 2.26. The van der Waals surface area contributed by atoms with Crippen LogP contribution >= 0.6 is 12.4 Å². The molecule has 3 nitrogen and oxygen atoms in total. The van der Waals surface area contributed by atoms with Gasteiger partial charge in [0.25, 0.3) is 0 Å². The Kier molecular flexibility index (Phi) is 7.01. The van der Waals surface area contributed by atoms with Gasteiger partial charge in [0.2, 0.25) is 0 Å². The SMILES string of the molecule is Cl.c1ccc(OCCNCC2CCCO2)cc1. The molecular formula is C13H20ClNO2. The summed E-state index contributed by atoms with van der Waals surface area (Å²) in [4.78, 5) is 0. The summed E-state index contributed by atoms with van der Waals surface area (Å²) >= 11 is 0. The smallest absolute Gasteiger partial charge is 0.119 e. The third-order valence-electron chi connectivity index (χ3n) is 2.69. The van der Waals surface area contributed by atoms with Crippen molar-refractivity contribution in [3.63, 3.8) is 0 Å². The lowest BCUT2D eigenvalue weighted by Crippen LogP contribution is -2.29. The molecule has 1 fully saturated rings. The third kappa shape index (κ3) is 5.39. The van der Waals surface area contributed by atoms with Gasteiger partial charge in [-0.05, 0) is 25.0 Å². The second kappa shape index (κ2) is 8.34. The maximum atomic E-state index is 5.57. The summed E-state index contributed by atoms with van der Waals surface area (Å²) < 4.78 is 11.1. The van der Waals surface area contributed by atoms with E-state index in [2.05, 4.69) is 5.32 Å². The monoisotopic (exact) mass is 257 g/mol. The first kappa shape index (κ1) is 14.3. The summed E-state index contributed by atoms with van der Waals surface area (Å²) in [5.41, 5.74) is 0. The minimum atomic E-state index is 0. The maximum absolute atomic E-state index is 5.57. The van der Waals surface area contributed by atoms with Gasteiger partial charge in [-0.15, -0.1) is 12.4 Å². The molecule has 96 valence electrons. The van der Waals surface area contributed by atoms with Crippen molar-refractivity contribution in [2.24, 2.45) is 0 Å². The summed E-state index contributed by atoms with van der Waals surface area (Å²) in [6.07, 6.45) is 2.80. The van der Waals surface area contributed by atoms with Crippen LogP contribution in [0.25, 0.3) is 0 Å². The Morgan fingerprint density at radius 2 is 2.12 bits per heavy atom. The molecule has 2 rings (SSSR count). The highest BCUT2D eigenvalue weighted by molar-refractivity contribution is 5.85. The van der Waals surface area contributed by atoms with Crippen LogP contribution < -0.4 is 10.1 Å². The zero-order valence-electron chi connectivity index (χ0n) is 9.93. The average molecular weight is 258 g/mol. The van der Waals surface area contributed by atoms with Gasteiger partial charge in [-0.3, -0.25) is 0 Å². The van der Waals surface area contributed by atoms with E-state index >= 15 is 0 Å². The molecule has 4 heteroatoms. The Bertz CT molecular complexity index is 289. The van der Waals surface area contributed by atoms with Crippen LogP contribution in [0.1, 0.15) is 12.8 Å². The molecule has 1 heterocycles. The summed E-state index contributed by atoms with van der Waals surface area (Å²) in [5.74, 6) is 0.932. The van der Waals surface area contributed by atoms with Gasteiger partial charge < -0.3 is 14.8 Å². The first-order chi connectivity index (χ1) is 7.95. The fraction of sp³-hybridized carbons (Fsp3) is 0.538. The Balaban J connectivity index is 0.00000144. The Morgan fingerprint density at radius 1 is 1.29 bits per heavy atom. The minimum Gasteiger partial charge on any atom is -0.492 e. The first-order valence-corrected chi connectivity index (χ1v) is 5.95. The fourth-order valence-corrected chi connectivity index (χ4v) is 1.83. The molecule has 0 aliphatic carbocycles. The van der Waals surface area contributed by atoms with Crippen LogP contribution in [0.5, 0.6) is 5.75 Å². The molecule has 1 aliphatic heterocycles. The molecule has 0 radical (unpaired) electrons. The number of hydrogen-bond donors (Lipinski definition) is 1. The van der Waals surface area contributed by atoms with Gasteiger partial charge in [-0.1, -0.05) is 18.2 Å². The lowest BCUT2D eigenvalue weighted by Gasteiger charge is -2.11. The first-order valence-electron chi connectivity index (χ1n) is 5.95. The number of ether oxygens (including phenoxy) is 2. The van der Waals surface area contributed by atoms with Crippen molar-refractivity contribution in [2.75, 3.05) is 26.3 Å². The normalized spacial score (nSPS) is 18.7. The molecule has 0 spiro atoms. The highest BCUT2D eigenvalue weighted by Gasteiger charge is 2.13. The van der Waals surface area contributed by atoms with Gasteiger partial charge in [-0.2, -0.15) is 0 Å². The van der Waals surface area contributed by atoms with Crippen molar-refractivity contribution in [3.05, 3.63) is 30.3 Å². The van der Waals surface area contributed by atoms with Gasteiger partial charge in [-0.25, -0.2) is 0 Å². The molecular weight excluding hydrogens is 238 g/mol. The average Bonchev–Trinajstić information content (AvgIpc) is 2.83. The second-order valence-corrected chi connectivity index (χ2v) is 4.00. The van der Waals surface area contributed by atoms with E-state index in [0.29, 0.717) is 12.7 Å². The number of para-hydroxylation sites is 1. The van der Waals surface area contributed by atoms with Gasteiger partial charge in [0.05, 0.1) is 6.10 Å². The Morgan fingerprint density at radius 3 is 2.82 bits per heavy atom. The van der Waals surface area contributed by atoms with Gasteiger partial charge >= 0.3 is 0 Å². The Labute approximate surface area is 109 Å². The van der Waals surface area contributed by atoms with Crippen LogP contribution in [-0.2, 0) is 4.74 Å². The van der Waals surface area contributed by atoms with Gasteiger partial charge in [0, 0.05) is 19.7 Å². The van der Waals surface area contributed by atoms with Crippen molar-refractivity contribution >= 4 is 12.4 Å². The van der Waals surface area contributed by atoms with Crippen LogP contribution in [0.4, 0.5) is 0 Å².